The number of para-hydroxylation sites is 1. The highest BCUT2D eigenvalue weighted by Gasteiger charge is 2.06. The molecule has 0 saturated carbocycles. The van der Waals surface area contributed by atoms with E-state index in [2.05, 4.69) is 10.3 Å². The summed E-state index contributed by atoms with van der Waals surface area (Å²) in [6.45, 7) is 1.53. The molecule has 0 spiro atoms. The van der Waals surface area contributed by atoms with E-state index in [1.165, 1.54) is 0 Å². The molecule has 1 aromatic heterocycles. The third kappa shape index (κ3) is 4.78. The van der Waals surface area contributed by atoms with Gasteiger partial charge in [-0.05, 0) is 55.3 Å². The number of nitrogens with zero attached hydrogens (tertiary/aromatic N) is 2. The molecule has 6 heteroatoms. The molecule has 0 bridgehead atoms. The van der Waals surface area contributed by atoms with Crippen molar-refractivity contribution >= 4 is 28.9 Å². The van der Waals surface area contributed by atoms with Gasteiger partial charge in [0.25, 0.3) is 0 Å². The minimum atomic E-state index is 0.648. The number of nitrogens with two attached hydrogens (primary N) is 1. The number of nitrogens with one attached hydrogen (secondary N) is 1. The molecule has 0 aliphatic heterocycles. The first kappa shape index (κ1) is 19.6. The number of hydrogen-bond acceptors (Lipinski definition) is 6. The summed E-state index contributed by atoms with van der Waals surface area (Å²) in [5.74, 6) is 2.88. The van der Waals surface area contributed by atoms with Gasteiger partial charge in [-0.15, -0.1) is 0 Å². The second-order valence-corrected chi connectivity index (χ2v) is 6.32. The molecule has 3 rings (SSSR count). The van der Waals surface area contributed by atoms with Gasteiger partial charge in [0.05, 0.1) is 19.7 Å². The molecule has 0 radical (unpaired) electrons. The summed E-state index contributed by atoms with van der Waals surface area (Å²) >= 11 is 0. The molecule has 28 heavy (non-hydrogen) atoms. The van der Waals surface area contributed by atoms with Crippen LogP contribution in [0.1, 0.15) is 24.2 Å². The zero-order valence-corrected chi connectivity index (χ0v) is 16.3. The van der Waals surface area contributed by atoms with Crippen LogP contribution in [0.5, 0.6) is 11.5 Å². The van der Waals surface area contributed by atoms with Gasteiger partial charge < -0.3 is 20.5 Å². The molecule has 0 aliphatic carbocycles. The monoisotopic (exact) mass is 378 g/mol. The maximum absolute atomic E-state index is 5.58. The molecule has 0 amide bonds. The summed E-state index contributed by atoms with van der Waals surface area (Å²) in [4.78, 5) is 9.35. The summed E-state index contributed by atoms with van der Waals surface area (Å²) in [5.41, 5.74) is 7.46. The van der Waals surface area contributed by atoms with Gasteiger partial charge in [-0.25, -0.2) is 9.97 Å². The molecular weight excluding hydrogens is 352 g/mol. The van der Waals surface area contributed by atoms with Crippen molar-refractivity contribution in [3.8, 4) is 11.5 Å². The number of unbranched alkanes of at least 4 members (excludes halogenated alkanes) is 1. The van der Waals surface area contributed by atoms with Gasteiger partial charge in [0.2, 0.25) is 0 Å². The molecule has 2 aromatic carbocycles. The molecule has 0 aliphatic rings. The van der Waals surface area contributed by atoms with Crippen molar-refractivity contribution in [2.24, 2.45) is 5.73 Å². The fourth-order valence-electron chi connectivity index (χ4n) is 2.91. The minimum Gasteiger partial charge on any atom is -0.493 e. The normalized spacial score (nSPS) is 11.1. The minimum absolute atomic E-state index is 0.648. The highest BCUT2D eigenvalue weighted by Crippen LogP contribution is 2.28. The maximum Gasteiger partial charge on any atom is 0.161 e. The van der Waals surface area contributed by atoms with Crippen LogP contribution in [0, 0.1) is 0 Å². The molecule has 6 nitrogen and oxygen atoms in total. The van der Waals surface area contributed by atoms with Gasteiger partial charge in [0.1, 0.15) is 5.82 Å². The topological polar surface area (TPSA) is 82.3 Å². The SMILES string of the molecule is COc1ccc(/C=C/c2nc(NCCCCN)c3ccccc3n2)cc1OC. The molecular formula is C22H26N4O2. The zero-order chi connectivity index (χ0) is 19.8. The number of ether oxygens (including phenoxy) is 2. The van der Waals surface area contributed by atoms with Gasteiger partial charge in [-0.1, -0.05) is 24.3 Å². The zero-order valence-electron chi connectivity index (χ0n) is 16.3. The molecule has 0 unspecified atom stereocenters. The van der Waals surface area contributed by atoms with Gasteiger partial charge in [-0.3, -0.25) is 0 Å². The van der Waals surface area contributed by atoms with Crippen LogP contribution in [0.15, 0.2) is 42.5 Å². The quantitative estimate of drug-likeness (QED) is 0.548. The Morgan fingerprint density at radius 3 is 2.57 bits per heavy atom. The van der Waals surface area contributed by atoms with Gasteiger partial charge in [-0.2, -0.15) is 0 Å². The second-order valence-electron chi connectivity index (χ2n) is 6.32. The highest BCUT2D eigenvalue weighted by molar-refractivity contribution is 5.90. The molecule has 1 heterocycles. The molecule has 146 valence electrons. The Balaban J connectivity index is 1.87. The van der Waals surface area contributed by atoms with E-state index in [0.717, 1.165) is 41.7 Å². The van der Waals surface area contributed by atoms with Crippen LogP contribution < -0.4 is 20.5 Å². The predicted octanol–water partition coefficient (Wildman–Crippen LogP) is 3.97. The predicted molar refractivity (Wildman–Crippen MR) is 115 cm³/mol. The van der Waals surface area contributed by atoms with Crippen LogP contribution in [-0.4, -0.2) is 37.3 Å². The summed E-state index contributed by atoms with van der Waals surface area (Å²) < 4.78 is 10.6. The standard InChI is InChI=1S/C22H26N4O2/c1-27-19-11-9-16(15-20(19)28-2)10-12-21-25-18-8-4-3-7-17(18)22(26-21)24-14-6-5-13-23/h3-4,7-12,15H,5-6,13-14,23H2,1-2H3,(H,24,25,26)/b12-10+. The van der Waals surface area contributed by atoms with Crippen LogP contribution in [0.4, 0.5) is 5.82 Å². The van der Waals surface area contributed by atoms with Crippen LogP contribution in [0.25, 0.3) is 23.1 Å². The van der Waals surface area contributed by atoms with Crippen LogP contribution in [0.2, 0.25) is 0 Å². The summed E-state index contributed by atoms with van der Waals surface area (Å²) in [6.07, 6.45) is 5.86. The molecule has 0 atom stereocenters. The van der Waals surface area contributed by atoms with E-state index >= 15 is 0 Å². The second kappa shape index (κ2) is 9.71. The van der Waals surface area contributed by atoms with E-state index < -0.39 is 0 Å². The Kier molecular flexibility index (Phi) is 6.81. The lowest BCUT2D eigenvalue weighted by Gasteiger charge is -2.10. The number of benzene rings is 2. The van der Waals surface area contributed by atoms with Gasteiger partial charge in [0, 0.05) is 11.9 Å². The van der Waals surface area contributed by atoms with Crippen molar-refractivity contribution in [1.29, 1.82) is 0 Å². The Hall–Kier alpha value is -3.12. The summed E-state index contributed by atoms with van der Waals surface area (Å²) in [6, 6.07) is 13.8. The Labute approximate surface area is 165 Å². The number of anilines is 1. The third-order valence-corrected chi connectivity index (χ3v) is 4.38. The Morgan fingerprint density at radius 1 is 0.964 bits per heavy atom. The van der Waals surface area contributed by atoms with Gasteiger partial charge >= 0.3 is 0 Å². The van der Waals surface area contributed by atoms with Crippen molar-refractivity contribution in [2.45, 2.75) is 12.8 Å². The lowest BCUT2D eigenvalue weighted by Crippen LogP contribution is -2.08. The van der Waals surface area contributed by atoms with Crippen LogP contribution >= 0.6 is 0 Å². The Bertz CT molecular complexity index is 956. The molecule has 3 aromatic rings. The average Bonchev–Trinajstić information content (AvgIpc) is 2.74. The van der Waals surface area contributed by atoms with E-state index in [0.29, 0.717) is 23.9 Å². The first-order chi connectivity index (χ1) is 13.7. The van der Waals surface area contributed by atoms with Crippen molar-refractivity contribution in [3.05, 3.63) is 53.9 Å². The van der Waals surface area contributed by atoms with E-state index in [-0.39, 0.29) is 0 Å². The van der Waals surface area contributed by atoms with Crippen LogP contribution in [0.3, 0.4) is 0 Å². The molecule has 0 fully saturated rings. The number of rotatable bonds is 9. The van der Waals surface area contributed by atoms with Crippen LogP contribution in [-0.2, 0) is 0 Å². The Morgan fingerprint density at radius 2 is 1.79 bits per heavy atom. The highest BCUT2D eigenvalue weighted by atomic mass is 16.5. The van der Waals surface area contributed by atoms with E-state index in [1.807, 2.05) is 54.6 Å². The van der Waals surface area contributed by atoms with E-state index in [4.69, 9.17) is 20.2 Å². The van der Waals surface area contributed by atoms with Crippen molar-refractivity contribution in [2.75, 3.05) is 32.6 Å². The first-order valence-electron chi connectivity index (χ1n) is 9.36. The molecule has 0 saturated heterocycles. The van der Waals surface area contributed by atoms with E-state index in [9.17, 15) is 0 Å². The first-order valence-corrected chi connectivity index (χ1v) is 9.36. The largest absolute Gasteiger partial charge is 0.493 e. The van der Waals surface area contributed by atoms with E-state index in [1.54, 1.807) is 14.2 Å². The summed E-state index contributed by atoms with van der Waals surface area (Å²) in [5, 5.41) is 4.43. The smallest absolute Gasteiger partial charge is 0.161 e. The fraction of sp³-hybridized carbons (Fsp3) is 0.273. The van der Waals surface area contributed by atoms with Crippen molar-refractivity contribution in [3.63, 3.8) is 0 Å². The maximum atomic E-state index is 5.58. The average molecular weight is 378 g/mol. The van der Waals surface area contributed by atoms with Crippen molar-refractivity contribution in [1.82, 2.24) is 9.97 Å². The molecule has 3 N–H and O–H groups in total. The number of hydrogen-bond donors (Lipinski definition) is 2. The number of fused-ring (bicyclic) bond motifs is 1. The van der Waals surface area contributed by atoms with Crippen molar-refractivity contribution < 1.29 is 9.47 Å². The third-order valence-electron chi connectivity index (χ3n) is 4.38. The fourth-order valence-corrected chi connectivity index (χ4v) is 2.91. The number of methoxy groups -OCH3 is 2. The van der Waals surface area contributed by atoms with Gasteiger partial charge in [0.15, 0.2) is 17.3 Å². The lowest BCUT2D eigenvalue weighted by molar-refractivity contribution is 0.355. The number of aromatic nitrogens is 2. The lowest BCUT2D eigenvalue weighted by atomic mass is 10.2. The summed E-state index contributed by atoms with van der Waals surface area (Å²) in [7, 11) is 3.25.